The molecule has 2 aromatic rings. The molecule has 4 rings (SSSR count). The molecule has 0 bridgehead atoms. The molecule has 1 saturated heterocycles. The van der Waals surface area contributed by atoms with Crippen molar-refractivity contribution in [3.8, 4) is 0 Å². The minimum absolute atomic E-state index is 0.513. The van der Waals surface area contributed by atoms with Crippen LogP contribution in [-0.2, 0) is 4.74 Å². The molecular formula is C21H28N4OS. The molecule has 0 saturated carbocycles. The van der Waals surface area contributed by atoms with E-state index in [-0.39, 0.29) is 0 Å². The van der Waals surface area contributed by atoms with Crippen molar-refractivity contribution in [2.24, 2.45) is 0 Å². The molecule has 5 nitrogen and oxygen atoms in total. The Morgan fingerprint density at radius 3 is 3.19 bits per heavy atom. The van der Waals surface area contributed by atoms with E-state index in [4.69, 9.17) is 9.72 Å². The van der Waals surface area contributed by atoms with Crippen LogP contribution in [0.5, 0.6) is 0 Å². The number of fused-ring (bicyclic) bond motifs is 2. The number of hydrogen-bond donors (Lipinski definition) is 2. The van der Waals surface area contributed by atoms with Crippen LogP contribution in [0.15, 0.2) is 24.4 Å². The summed E-state index contributed by atoms with van der Waals surface area (Å²) < 4.78 is 5.19. The summed E-state index contributed by atoms with van der Waals surface area (Å²) in [5.74, 6) is 0. The summed E-state index contributed by atoms with van der Waals surface area (Å²) in [6.45, 7) is 6.07. The van der Waals surface area contributed by atoms with Gasteiger partial charge < -0.3 is 20.3 Å². The number of methoxy groups -OCH3 is 1. The van der Waals surface area contributed by atoms with E-state index in [2.05, 4.69) is 40.8 Å². The molecule has 0 spiro atoms. The second kappa shape index (κ2) is 8.42. The first kappa shape index (κ1) is 18.5. The van der Waals surface area contributed by atoms with Crippen LogP contribution in [-0.4, -0.2) is 49.3 Å². The molecule has 1 fully saturated rings. The Balaban J connectivity index is 1.66. The number of nitrogens with one attached hydrogen (secondary N) is 2. The molecule has 0 aliphatic carbocycles. The second-order valence-electron chi connectivity index (χ2n) is 7.26. The van der Waals surface area contributed by atoms with E-state index in [0.717, 1.165) is 43.2 Å². The van der Waals surface area contributed by atoms with Gasteiger partial charge in [0.05, 0.1) is 11.0 Å². The van der Waals surface area contributed by atoms with Crippen LogP contribution in [0, 0.1) is 6.92 Å². The van der Waals surface area contributed by atoms with E-state index >= 15 is 0 Å². The Kier molecular flexibility index (Phi) is 5.76. The van der Waals surface area contributed by atoms with E-state index in [1.165, 1.54) is 34.0 Å². The Morgan fingerprint density at radius 2 is 2.30 bits per heavy atom. The lowest BCUT2D eigenvalue weighted by Crippen LogP contribution is -2.51. The SMILES string of the molecule is COCCCCC1CN(C2=c3ncccc3=CNc3sc(C)cc32)CCN1. The fraction of sp³-hybridized carbons (Fsp3) is 0.476. The predicted molar refractivity (Wildman–Crippen MR) is 112 cm³/mol. The standard InChI is InChI=1S/C21H28N4OS/c1-15-12-18-20(19-16(6-5-8-23-19)13-24-21(18)27-15)25-10-9-22-17(14-25)7-3-4-11-26-2/h5-6,8,12-13,17,22,24H,3-4,7,9-11,14H2,1-2H3. The summed E-state index contributed by atoms with van der Waals surface area (Å²) in [4.78, 5) is 8.63. The third-order valence-electron chi connectivity index (χ3n) is 5.26. The fourth-order valence-electron chi connectivity index (χ4n) is 3.98. The minimum Gasteiger partial charge on any atom is -0.385 e. The van der Waals surface area contributed by atoms with Crippen LogP contribution >= 0.6 is 11.3 Å². The molecule has 6 heteroatoms. The molecule has 2 aromatic heterocycles. The van der Waals surface area contributed by atoms with Crippen molar-refractivity contribution in [1.82, 2.24) is 15.2 Å². The third-order valence-corrected chi connectivity index (χ3v) is 6.24. The quantitative estimate of drug-likeness (QED) is 0.745. The number of ether oxygens (including phenoxy) is 1. The van der Waals surface area contributed by atoms with Gasteiger partial charge in [0.2, 0.25) is 0 Å². The number of rotatable bonds is 6. The molecule has 0 radical (unpaired) electrons. The molecule has 2 aliphatic heterocycles. The first-order valence-electron chi connectivity index (χ1n) is 9.76. The smallest absolute Gasteiger partial charge is 0.102 e. The van der Waals surface area contributed by atoms with E-state index in [9.17, 15) is 0 Å². The van der Waals surface area contributed by atoms with E-state index < -0.39 is 0 Å². The lowest BCUT2D eigenvalue weighted by Gasteiger charge is -2.36. The van der Waals surface area contributed by atoms with Gasteiger partial charge in [-0.05, 0) is 44.4 Å². The number of anilines is 1. The van der Waals surface area contributed by atoms with Crippen molar-refractivity contribution >= 4 is 28.2 Å². The number of hydrogen-bond acceptors (Lipinski definition) is 6. The summed E-state index contributed by atoms with van der Waals surface area (Å²) in [6, 6.07) is 6.97. The van der Waals surface area contributed by atoms with Gasteiger partial charge in [-0.1, -0.05) is 0 Å². The van der Waals surface area contributed by atoms with E-state index in [0.29, 0.717) is 6.04 Å². The highest BCUT2D eigenvalue weighted by Gasteiger charge is 2.25. The van der Waals surface area contributed by atoms with Gasteiger partial charge >= 0.3 is 0 Å². The topological polar surface area (TPSA) is 49.4 Å². The summed E-state index contributed by atoms with van der Waals surface area (Å²) in [7, 11) is 1.78. The number of thiophene rings is 1. The Bertz CT molecular complexity index is 907. The Labute approximate surface area is 164 Å². The Morgan fingerprint density at radius 1 is 1.37 bits per heavy atom. The molecule has 2 aliphatic rings. The molecular weight excluding hydrogens is 356 g/mol. The average Bonchev–Trinajstić information content (AvgIpc) is 2.98. The zero-order valence-electron chi connectivity index (χ0n) is 16.1. The van der Waals surface area contributed by atoms with Crippen molar-refractivity contribution in [2.75, 3.05) is 38.7 Å². The number of nitrogens with zero attached hydrogens (tertiary/aromatic N) is 2. The molecule has 1 unspecified atom stereocenters. The van der Waals surface area contributed by atoms with Crippen LogP contribution in [0.2, 0.25) is 0 Å². The fourth-order valence-corrected chi connectivity index (χ4v) is 4.86. The second-order valence-corrected chi connectivity index (χ2v) is 8.52. The van der Waals surface area contributed by atoms with Gasteiger partial charge in [-0.3, -0.25) is 4.98 Å². The minimum atomic E-state index is 0.513. The number of aryl methyl sites for hydroxylation is 1. The van der Waals surface area contributed by atoms with Crippen molar-refractivity contribution in [2.45, 2.75) is 32.2 Å². The first-order valence-corrected chi connectivity index (χ1v) is 10.6. The number of aromatic nitrogens is 1. The summed E-state index contributed by atoms with van der Waals surface area (Å²) in [6.07, 6.45) is 7.50. The highest BCUT2D eigenvalue weighted by molar-refractivity contribution is 7.16. The summed E-state index contributed by atoms with van der Waals surface area (Å²) in [5, 5.41) is 10.7. The first-order chi connectivity index (χ1) is 13.3. The van der Waals surface area contributed by atoms with Crippen molar-refractivity contribution in [1.29, 1.82) is 0 Å². The lowest BCUT2D eigenvalue weighted by molar-refractivity contribution is 0.188. The maximum Gasteiger partial charge on any atom is 0.102 e. The van der Waals surface area contributed by atoms with Crippen LogP contribution in [0.3, 0.4) is 0 Å². The van der Waals surface area contributed by atoms with E-state index in [1.807, 2.05) is 23.6 Å². The van der Waals surface area contributed by atoms with E-state index in [1.54, 1.807) is 7.11 Å². The molecule has 27 heavy (non-hydrogen) atoms. The maximum atomic E-state index is 5.19. The van der Waals surface area contributed by atoms with Gasteiger partial charge in [0.15, 0.2) is 0 Å². The van der Waals surface area contributed by atoms with Gasteiger partial charge in [0.25, 0.3) is 0 Å². The highest BCUT2D eigenvalue weighted by Crippen LogP contribution is 2.34. The number of pyridine rings is 1. The zero-order valence-corrected chi connectivity index (χ0v) is 16.9. The van der Waals surface area contributed by atoms with Gasteiger partial charge in [-0.2, -0.15) is 0 Å². The molecule has 4 heterocycles. The molecule has 0 amide bonds. The van der Waals surface area contributed by atoms with Gasteiger partial charge in [-0.25, -0.2) is 0 Å². The van der Waals surface area contributed by atoms with Gasteiger partial charge in [0, 0.05) is 67.4 Å². The van der Waals surface area contributed by atoms with Gasteiger partial charge in [-0.15, -0.1) is 11.3 Å². The highest BCUT2D eigenvalue weighted by atomic mass is 32.1. The average molecular weight is 385 g/mol. The predicted octanol–water partition coefficient (Wildman–Crippen LogP) is 1.86. The number of piperazine rings is 1. The third kappa shape index (κ3) is 4.03. The van der Waals surface area contributed by atoms with Crippen LogP contribution < -0.4 is 21.2 Å². The number of unbranched alkanes of at least 4 members (excludes halogenated alkanes) is 1. The molecule has 144 valence electrons. The van der Waals surface area contributed by atoms with Crippen molar-refractivity contribution in [3.63, 3.8) is 0 Å². The zero-order chi connectivity index (χ0) is 18.6. The normalized spacial score (nSPS) is 19.0. The van der Waals surface area contributed by atoms with Crippen LogP contribution in [0.25, 0.3) is 11.9 Å². The monoisotopic (exact) mass is 384 g/mol. The molecule has 2 N–H and O–H groups in total. The summed E-state index contributed by atoms with van der Waals surface area (Å²) >= 11 is 1.81. The maximum absolute atomic E-state index is 5.19. The van der Waals surface area contributed by atoms with Crippen molar-refractivity contribution < 1.29 is 4.74 Å². The Hall–Kier alpha value is -1.89. The molecule has 0 aromatic carbocycles. The molecule has 1 atom stereocenters. The van der Waals surface area contributed by atoms with Crippen LogP contribution in [0.4, 0.5) is 5.00 Å². The van der Waals surface area contributed by atoms with Crippen molar-refractivity contribution in [3.05, 3.63) is 45.4 Å². The van der Waals surface area contributed by atoms with Gasteiger partial charge in [0.1, 0.15) is 5.00 Å². The largest absolute Gasteiger partial charge is 0.385 e. The lowest BCUT2D eigenvalue weighted by atomic mass is 10.0. The summed E-state index contributed by atoms with van der Waals surface area (Å²) in [5.41, 5.74) is 2.56. The van der Waals surface area contributed by atoms with Crippen LogP contribution in [0.1, 0.15) is 29.7 Å².